The number of hydrogen-bond donors (Lipinski definition) is 1. The topological polar surface area (TPSA) is 64.2 Å². The molecule has 1 aromatic heterocycles. The summed E-state index contributed by atoms with van der Waals surface area (Å²) >= 11 is 0. The molecule has 2 heterocycles. The molecule has 1 aromatic carbocycles. The van der Waals surface area contributed by atoms with Crippen LogP contribution in [0.5, 0.6) is 0 Å². The molecule has 1 saturated heterocycles. The van der Waals surface area contributed by atoms with Crippen molar-refractivity contribution in [2.45, 2.75) is 46.2 Å². The maximum Gasteiger partial charge on any atom is 0.254 e. The normalized spacial score (nSPS) is 20.7. The van der Waals surface area contributed by atoms with E-state index in [4.69, 9.17) is 5.73 Å². The standard InChI is InChI=1S/C20H28N4O/c1-14-8-9-23(19(10-14)12-21)20(25)18-6-4-17(5-7-18)13-24-16(3)11-15(2)22-24/h4-7,11,14,19H,8-10,12-13,21H2,1-3H3. The highest BCUT2D eigenvalue weighted by atomic mass is 16.2. The summed E-state index contributed by atoms with van der Waals surface area (Å²) in [4.78, 5) is 14.8. The largest absolute Gasteiger partial charge is 0.334 e. The fraction of sp³-hybridized carbons (Fsp3) is 0.500. The predicted octanol–water partition coefficient (Wildman–Crippen LogP) is 2.75. The lowest BCUT2D eigenvalue weighted by molar-refractivity contribution is 0.0573. The monoisotopic (exact) mass is 340 g/mol. The number of aryl methyl sites for hydroxylation is 2. The number of amides is 1. The first-order valence-electron chi connectivity index (χ1n) is 9.09. The molecule has 1 aliphatic heterocycles. The molecule has 1 fully saturated rings. The highest BCUT2D eigenvalue weighted by Gasteiger charge is 2.29. The summed E-state index contributed by atoms with van der Waals surface area (Å²) in [7, 11) is 0. The number of nitrogens with zero attached hydrogens (tertiary/aromatic N) is 3. The maximum atomic E-state index is 12.9. The van der Waals surface area contributed by atoms with Crippen molar-refractivity contribution >= 4 is 5.91 Å². The van der Waals surface area contributed by atoms with Gasteiger partial charge in [-0.2, -0.15) is 5.10 Å². The van der Waals surface area contributed by atoms with E-state index in [0.29, 0.717) is 12.5 Å². The van der Waals surface area contributed by atoms with Crippen LogP contribution < -0.4 is 5.73 Å². The van der Waals surface area contributed by atoms with Gasteiger partial charge in [0.05, 0.1) is 12.2 Å². The molecule has 0 saturated carbocycles. The minimum absolute atomic E-state index is 0.0972. The van der Waals surface area contributed by atoms with Crippen LogP contribution in [-0.2, 0) is 6.54 Å². The number of piperidine rings is 1. The Morgan fingerprint density at radius 2 is 2.00 bits per heavy atom. The van der Waals surface area contributed by atoms with Crippen molar-refractivity contribution in [3.63, 3.8) is 0 Å². The Morgan fingerprint density at radius 1 is 1.28 bits per heavy atom. The molecular weight excluding hydrogens is 312 g/mol. The van der Waals surface area contributed by atoms with Crippen LogP contribution in [0.2, 0.25) is 0 Å². The van der Waals surface area contributed by atoms with Gasteiger partial charge in [0, 0.05) is 30.4 Å². The van der Waals surface area contributed by atoms with Crippen LogP contribution in [0.1, 0.15) is 47.1 Å². The number of likely N-dealkylation sites (tertiary alicyclic amines) is 1. The minimum atomic E-state index is 0.0972. The second kappa shape index (κ2) is 7.40. The summed E-state index contributed by atoms with van der Waals surface area (Å²) in [6.45, 7) is 8.35. The van der Waals surface area contributed by atoms with Crippen LogP contribution in [-0.4, -0.2) is 39.7 Å². The summed E-state index contributed by atoms with van der Waals surface area (Å²) in [6.07, 6.45) is 2.05. The highest BCUT2D eigenvalue weighted by molar-refractivity contribution is 5.94. The second-order valence-corrected chi connectivity index (χ2v) is 7.30. The fourth-order valence-electron chi connectivity index (χ4n) is 3.67. The minimum Gasteiger partial charge on any atom is -0.334 e. The van der Waals surface area contributed by atoms with Crippen molar-refractivity contribution in [3.8, 4) is 0 Å². The Hall–Kier alpha value is -2.14. The van der Waals surface area contributed by atoms with E-state index in [-0.39, 0.29) is 11.9 Å². The molecule has 2 unspecified atom stereocenters. The lowest BCUT2D eigenvalue weighted by Gasteiger charge is -2.38. The van der Waals surface area contributed by atoms with E-state index < -0.39 is 0 Å². The van der Waals surface area contributed by atoms with Crippen molar-refractivity contribution in [2.75, 3.05) is 13.1 Å². The van der Waals surface area contributed by atoms with Gasteiger partial charge in [-0.3, -0.25) is 9.48 Å². The summed E-state index contributed by atoms with van der Waals surface area (Å²) < 4.78 is 1.99. The first-order valence-corrected chi connectivity index (χ1v) is 9.09. The van der Waals surface area contributed by atoms with Crippen molar-refractivity contribution in [3.05, 3.63) is 52.8 Å². The number of aromatic nitrogens is 2. The molecule has 1 aliphatic rings. The van der Waals surface area contributed by atoms with Crippen molar-refractivity contribution in [1.29, 1.82) is 0 Å². The van der Waals surface area contributed by atoms with Gasteiger partial charge in [-0.15, -0.1) is 0 Å². The number of carbonyl (C=O) groups is 1. The lowest BCUT2D eigenvalue weighted by atomic mass is 9.92. The van der Waals surface area contributed by atoms with E-state index in [0.717, 1.165) is 48.4 Å². The number of benzene rings is 1. The quantitative estimate of drug-likeness (QED) is 0.931. The number of nitrogens with two attached hydrogens (primary N) is 1. The van der Waals surface area contributed by atoms with Gasteiger partial charge in [0.25, 0.3) is 5.91 Å². The first kappa shape index (κ1) is 17.7. The maximum absolute atomic E-state index is 12.9. The molecule has 1 amide bonds. The van der Waals surface area contributed by atoms with E-state index in [9.17, 15) is 4.79 Å². The van der Waals surface area contributed by atoms with E-state index in [1.807, 2.05) is 40.8 Å². The van der Waals surface area contributed by atoms with E-state index in [2.05, 4.69) is 25.0 Å². The summed E-state index contributed by atoms with van der Waals surface area (Å²) in [5, 5.41) is 4.49. The molecule has 0 bridgehead atoms. The predicted molar refractivity (Wildman–Crippen MR) is 99.5 cm³/mol. The Bertz CT molecular complexity index is 735. The zero-order valence-corrected chi connectivity index (χ0v) is 15.4. The zero-order valence-electron chi connectivity index (χ0n) is 15.4. The fourth-order valence-corrected chi connectivity index (χ4v) is 3.67. The molecule has 2 aromatic rings. The molecule has 0 aliphatic carbocycles. The number of carbonyl (C=O) groups excluding carboxylic acids is 1. The van der Waals surface area contributed by atoms with Crippen LogP contribution in [0.25, 0.3) is 0 Å². The molecular formula is C20H28N4O. The van der Waals surface area contributed by atoms with Gasteiger partial charge in [-0.25, -0.2) is 0 Å². The van der Waals surface area contributed by atoms with Gasteiger partial charge in [-0.05, 0) is 56.4 Å². The van der Waals surface area contributed by atoms with Crippen molar-refractivity contribution < 1.29 is 4.79 Å². The van der Waals surface area contributed by atoms with E-state index >= 15 is 0 Å². The average molecular weight is 340 g/mol. The Morgan fingerprint density at radius 3 is 2.60 bits per heavy atom. The van der Waals surface area contributed by atoms with Crippen molar-refractivity contribution in [1.82, 2.24) is 14.7 Å². The molecule has 0 radical (unpaired) electrons. The molecule has 0 spiro atoms. The summed E-state index contributed by atoms with van der Waals surface area (Å²) in [5.41, 5.74) is 9.95. The SMILES string of the molecule is Cc1cc(C)n(Cc2ccc(C(=O)N3CCC(C)CC3CN)cc2)n1. The second-order valence-electron chi connectivity index (χ2n) is 7.30. The average Bonchev–Trinajstić information content (AvgIpc) is 2.92. The van der Waals surface area contributed by atoms with Crippen LogP contribution in [0.3, 0.4) is 0 Å². The summed E-state index contributed by atoms with van der Waals surface area (Å²) in [5.74, 6) is 0.737. The van der Waals surface area contributed by atoms with Gasteiger partial charge in [0.1, 0.15) is 0 Å². The molecule has 3 rings (SSSR count). The molecule has 2 N–H and O–H groups in total. The van der Waals surface area contributed by atoms with Crippen LogP contribution in [0.4, 0.5) is 0 Å². The highest BCUT2D eigenvalue weighted by Crippen LogP contribution is 2.24. The zero-order chi connectivity index (χ0) is 18.0. The van der Waals surface area contributed by atoms with Gasteiger partial charge in [-0.1, -0.05) is 19.1 Å². The first-order chi connectivity index (χ1) is 12.0. The van der Waals surface area contributed by atoms with Gasteiger partial charge in [0.15, 0.2) is 0 Å². The third-order valence-corrected chi connectivity index (χ3v) is 5.15. The number of rotatable bonds is 4. The van der Waals surface area contributed by atoms with Gasteiger partial charge in [0.2, 0.25) is 0 Å². The van der Waals surface area contributed by atoms with Crippen LogP contribution >= 0.6 is 0 Å². The Balaban J connectivity index is 1.71. The summed E-state index contributed by atoms with van der Waals surface area (Å²) in [6, 6.07) is 10.1. The number of hydrogen-bond acceptors (Lipinski definition) is 3. The molecule has 25 heavy (non-hydrogen) atoms. The van der Waals surface area contributed by atoms with Crippen LogP contribution in [0.15, 0.2) is 30.3 Å². The Labute approximate surface area is 149 Å². The van der Waals surface area contributed by atoms with Crippen LogP contribution in [0, 0.1) is 19.8 Å². The lowest BCUT2D eigenvalue weighted by Crippen LogP contribution is -2.49. The molecule has 5 heteroatoms. The smallest absolute Gasteiger partial charge is 0.254 e. The molecule has 134 valence electrons. The van der Waals surface area contributed by atoms with Gasteiger partial charge >= 0.3 is 0 Å². The third-order valence-electron chi connectivity index (χ3n) is 5.15. The molecule has 5 nitrogen and oxygen atoms in total. The van der Waals surface area contributed by atoms with E-state index in [1.165, 1.54) is 0 Å². The van der Waals surface area contributed by atoms with Crippen molar-refractivity contribution in [2.24, 2.45) is 11.7 Å². The molecule has 2 atom stereocenters. The Kier molecular flexibility index (Phi) is 5.23. The van der Waals surface area contributed by atoms with E-state index in [1.54, 1.807) is 0 Å². The third kappa shape index (κ3) is 3.93. The van der Waals surface area contributed by atoms with Gasteiger partial charge < -0.3 is 10.6 Å².